The van der Waals surface area contributed by atoms with Crippen molar-refractivity contribution < 1.29 is 18.3 Å². The van der Waals surface area contributed by atoms with Crippen molar-refractivity contribution >= 4 is 15.5 Å². The first-order valence-electron chi connectivity index (χ1n) is 4.47. The van der Waals surface area contributed by atoms with Gasteiger partial charge in [0.25, 0.3) is 0 Å². The minimum absolute atomic E-state index is 0.261. The molecule has 0 heterocycles. The van der Waals surface area contributed by atoms with Crippen LogP contribution in [-0.4, -0.2) is 28.1 Å². The number of carbonyl (C=O) groups is 1. The zero-order valence-corrected chi connectivity index (χ0v) is 8.97. The van der Waals surface area contributed by atoms with Gasteiger partial charge < -0.3 is 4.74 Å². The average Bonchev–Trinajstić information content (AvgIpc) is 2.15. The standard InChI is InChI=1S/C9H14F2O2Si/c1-2-8(12)13-6-4-3-5-7-14-9(10)11/h2,9H,1,3-7H2. The molecule has 0 unspecified atom stereocenters. The highest BCUT2D eigenvalue weighted by atomic mass is 28.2. The van der Waals surface area contributed by atoms with Crippen molar-refractivity contribution in [3.05, 3.63) is 12.7 Å². The highest BCUT2D eigenvalue weighted by Crippen LogP contribution is 2.03. The third-order valence-corrected chi connectivity index (χ3v) is 2.48. The van der Waals surface area contributed by atoms with Crippen LogP contribution in [0.2, 0.25) is 6.04 Å². The summed E-state index contributed by atoms with van der Waals surface area (Å²) in [5.41, 5.74) is 0. The SMILES string of the molecule is C=CC(=O)OCCCCC[Si]C(F)F. The predicted octanol–water partition coefficient (Wildman–Crippen LogP) is 2.23. The molecule has 0 amide bonds. The zero-order chi connectivity index (χ0) is 10.8. The maximum absolute atomic E-state index is 11.7. The molecule has 0 saturated heterocycles. The van der Waals surface area contributed by atoms with Crippen molar-refractivity contribution in [2.75, 3.05) is 6.61 Å². The Hall–Kier alpha value is -0.713. The van der Waals surface area contributed by atoms with Crippen molar-refractivity contribution in [2.24, 2.45) is 0 Å². The van der Waals surface area contributed by atoms with Gasteiger partial charge in [-0.15, -0.1) is 0 Å². The molecular formula is C9H14F2O2Si. The quantitative estimate of drug-likeness (QED) is 0.271. The summed E-state index contributed by atoms with van der Waals surface area (Å²) in [6.07, 6.45) is 3.43. The van der Waals surface area contributed by atoms with Crippen LogP contribution in [0, 0.1) is 0 Å². The number of ether oxygens (including phenoxy) is 1. The fourth-order valence-corrected chi connectivity index (χ4v) is 1.52. The molecule has 0 atom stereocenters. The van der Waals surface area contributed by atoms with Gasteiger partial charge in [0.2, 0.25) is 6.05 Å². The van der Waals surface area contributed by atoms with Crippen LogP contribution in [0.1, 0.15) is 19.3 Å². The van der Waals surface area contributed by atoms with Crippen molar-refractivity contribution in [1.82, 2.24) is 0 Å². The van der Waals surface area contributed by atoms with Crippen LogP contribution < -0.4 is 0 Å². The van der Waals surface area contributed by atoms with Crippen molar-refractivity contribution in [3.63, 3.8) is 0 Å². The second-order valence-corrected chi connectivity index (χ2v) is 4.03. The molecule has 2 nitrogen and oxygen atoms in total. The number of hydrogen-bond donors (Lipinski definition) is 0. The van der Waals surface area contributed by atoms with Gasteiger partial charge in [-0.2, -0.15) is 0 Å². The summed E-state index contributed by atoms with van der Waals surface area (Å²) in [7, 11) is -0.261. The van der Waals surface area contributed by atoms with Crippen molar-refractivity contribution in [1.29, 1.82) is 0 Å². The monoisotopic (exact) mass is 220 g/mol. The van der Waals surface area contributed by atoms with E-state index < -0.39 is 12.0 Å². The van der Waals surface area contributed by atoms with E-state index in [0.29, 0.717) is 12.7 Å². The van der Waals surface area contributed by atoms with E-state index in [9.17, 15) is 13.6 Å². The van der Waals surface area contributed by atoms with Crippen LogP contribution in [0.25, 0.3) is 0 Å². The summed E-state index contributed by atoms with van der Waals surface area (Å²) in [6.45, 7) is 3.60. The minimum Gasteiger partial charge on any atom is -0.463 e. The lowest BCUT2D eigenvalue weighted by molar-refractivity contribution is -0.137. The number of rotatable bonds is 8. The molecule has 0 aromatic rings. The van der Waals surface area contributed by atoms with E-state index in [1.54, 1.807) is 0 Å². The third-order valence-electron chi connectivity index (χ3n) is 1.53. The third kappa shape index (κ3) is 9.38. The van der Waals surface area contributed by atoms with E-state index >= 15 is 0 Å². The Bertz CT molecular complexity index is 174. The van der Waals surface area contributed by atoms with E-state index in [0.717, 1.165) is 25.3 Å². The van der Waals surface area contributed by atoms with Crippen LogP contribution in [0.15, 0.2) is 12.7 Å². The Morgan fingerprint density at radius 1 is 1.43 bits per heavy atom. The van der Waals surface area contributed by atoms with E-state index in [1.165, 1.54) is 0 Å². The van der Waals surface area contributed by atoms with Crippen LogP contribution in [0.3, 0.4) is 0 Å². The van der Waals surface area contributed by atoms with Gasteiger partial charge in [0.05, 0.1) is 6.61 Å². The molecule has 0 fully saturated rings. The first-order chi connectivity index (χ1) is 6.66. The number of carbonyl (C=O) groups excluding carboxylic acids is 1. The molecule has 5 heteroatoms. The summed E-state index contributed by atoms with van der Waals surface area (Å²) in [6, 6.07) is -1.61. The van der Waals surface area contributed by atoms with E-state index in [2.05, 4.69) is 6.58 Å². The fourth-order valence-electron chi connectivity index (χ4n) is 0.847. The van der Waals surface area contributed by atoms with Crippen LogP contribution in [-0.2, 0) is 9.53 Å². The molecule has 0 saturated carbocycles. The maximum Gasteiger partial charge on any atom is 0.330 e. The van der Waals surface area contributed by atoms with Gasteiger partial charge in [0, 0.05) is 6.08 Å². The molecule has 2 radical (unpaired) electrons. The second kappa shape index (κ2) is 8.87. The van der Waals surface area contributed by atoms with Gasteiger partial charge in [-0.05, 0) is 6.42 Å². The number of unbranched alkanes of at least 4 members (excludes halogenated alkanes) is 2. The first-order valence-corrected chi connectivity index (χ1v) is 5.76. The van der Waals surface area contributed by atoms with E-state index in [-0.39, 0.29) is 9.52 Å². The Labute approximate surface area is 85.1 Å². The molecule has 0 aliphatic heterocycles. The molecule has 0 spiro atoms. The molecule has 0 rings (SSSR count). The summed E-state index contributed by atoms with van der Waals surface area (Å²) >= 11 is 0. The highest BCUT2D eigenvalue weighted by molar-refractivity contribution is 6.36. The predicted molar refractivity (Wildman–Crippen MR) is 51.6 cm³/mol. The minimum atomic E-state index is -2.17. The van der Waals surface area contributed by atoms with Gasteiger partial charge in [-0.25, -0.2) is 13.6 Å². The molecule has 0 aromatic carbocycles. The Morgan fingerprint density at radius 2 is 2.14 bits per heavy atom. The van der Waals surface area contributed by atoms with Gasteiger partial charge in [0.15, 0.2) is 0 Å². The molecule has 14 heavy (non-hydrogen) atoms. The van der Waals surface area contributed by atoms with Gasteiger partial charge in [-0.1, -0.05) is 25.5 Å². The summed E-state index contributed by atoms with van der Waals surface area (Å²) < 4.78 is 28.1. The second-order valence-electron chi connectivity index (χ2n) is 2.69. The first kappa shape index (κ1) is 13.3. The van der Waals surface area contributed by atoms with Gasteiger partial charge >= 0.3 is 5.97 Å². The van der Waals surface area contributed by atoms with Crippen LogP contribution in [0.5, 0.6) is 0 Å². The van der Waals surface area contributed by atoms with Gasteiger partial charge in [-0.3, -0.25) is 0 Å². The Morgan fingerprint density at radius 3 is 2.71 bits per heavy atom. The fraction of sp³-hybridized carbons (Fsp3) is 0.667. The van der Waals surface area contributed by atoms with E-state index in [1.807, 2.05) is 0 Å². The molecular weight excluding hydrogens is 206 g/mol. The zero-order valence-electron chi connectivity index (χ0n) is 7.97. The molecule has 80 valence electrons. The van der Waals surface area contributed by atoms with Crippen LogP contribution in [0.4, 0.5) is 8.78 Å². The van der Waals surface area contributed by atoms with Crippen molar-refractivity contribution in [2.45, 2.75) is 31.4 Å². The molecule has 0 N–H and O–H groups in total. The molecule has 0 aliphatic carbocycles. The van der Waals surface area contributed by atoms with Gasteiger partial charge in [0.1, 0.15) is 9.52 Å². The largest absolute Gasteiger partial charge is 0.463 e. The Balaban J connectivity index is 3.06. The lowest BCUT2D eigenvalue weighted by atomic mass is 10.3. The summed E-state index contributed by atoms with van der Waals surface area (Å²) in [4.78, 5) is 10.6. The van der Waals surface area contributed by atoms with E-state index in [4.69, 9.17) is 4.74 Å². The summed E-state index contributed by atoms with van der Waals surface area (Å²) in [5, 5.41) is 0. The van der Waals surface area contributed by atoms with Crippen molar-refractivity contribution in [3.8, 4) is 0 Å². The lowest BCUT2D eigenvalue weighted by Gasteiger charge is -2.01. The molecule has 0 aromatic heterocycles. The topological polar surface area (TPSA) is 26.3 Å². The highest BCUT2D eigenvalue weighted by Gasteiger charge is 2.02. The smallest absolute Gasteiger partial charge is 0.330 e. The number of alkyl halides is 2. The average molecular weight is 220 g/mol. The normalized spacial score (nSPS) is 10.2. The maximum atomic E-state index is 11.7. The number of halogens is 2. The summed E-state index contributed by atoms with van der Waals surface area (Å²) in [5.74, 6) is -0.431. The number of esters is 1. The number of hydrogen-bond acceptors (Lipinski definition) is 2. The van der Waals surface area contributed by atoms with Crippen LogP contribution >= 0.6 is 0 Å². The molecule has 0 aliphatic rings. The molecule has 0 bridgehead atoms. The lowest BCUT2D eigenvalue weighted by Crippen LogP contribution is -2.04. The Kier molecular flexibility index (Phi) is 8.41.